The Balaban J connectivity index is 1.79. The number of aromatic nitrogens is 1. The fourth-order valence-corrected chi connectivity index (χ4v) is 2.68. The molecular formula is C22H22N2O3. The van der Waals surface area contributed by atoms with Gasteiger partial charge in [0.25, 0.3) is 0 Å². The minimum Gasteiger partial charge on any atom is -0.486 e. The highest BCUT2D eigenvalue weighted by molar-refractivity contribution is 5.90. The van der Waals surface area contributed by atoms with Crippen molar-refractivity contribution < 1.29 is 14.3 Å². The van der Waals surface area contributed by atoms with Crippen LogP contribution in [0.25, 0.3) is 0 Å². The molecule has 0 aliphatic heterocycles. The van der Waals surface area contributed by atoms with E-state index in [1.807, 2.05) is 66.5 Å². The number of pyridine rings is 1. The molecule has 0 aliphatic rings. The minimum absolute atomic E-state index is 0.172. The number of anilines is 1. The van der Waals surface area contributed by atoms with Gasteiger partial charge in [0, 0.05) is 13.6 Å². The van der Waals surface area contributed by atoms with Crippen LogP contribution in [0.1, 0.15) is 21.6 Å². The number of hydrogen-bond donors (Lipinski definition) is 0. The van der Waals surface area contributed by atoms with E-state index in [-0.39, 0.29) is 5.69 Å². The predicted molar refractivity (Wildman–Crippen MR) is 105 cm³/mol. The topological polar surface area (TPSA) is 51.7 Å². The van der Waals surface area contributed by atoms with Crippen LogP contribution in [-0.4, -0.2) is 25.1 Å². The Morgan fingerprint density at radius 1 is 0.926 bits per heavy atom. The van der Waals surface area contributed by atoms with Crippen molar-refractivity contribution in [1.82, 2.24) is 4.98 Å². The molecule has 1 aromatic heterocycles. The average molecular weight is 362 g/mol. The lowest BCUT2D eigenvalue weighted by Gasteiger charge is -2.20. The highest BCUT2D eigenvalue weighted by Crippen LogP contribution is 2.23. The molecule has 5 heteroatoms. The minimum atomic E-state index is -0.520. The highest BCUT2D eigenvalue weighted by Gasteiger charge is 2.18. The van der Waals surface area contributed by atoms with Gasteiger partial charge in [0.1, 0.15) is 12.4 Å². The van der Waals surface area contributed by atoms with Crippen molar-refractivity contribution in [3.63, 3.8) is 0 Å². The average Bonchev–Trinajstić information content (AvgIpc) is 2.73. The van der Waals surface area contributed by atoms with Crippen molar-refractivity contribution >= 4 is 11.8 Å². The molecule has 5 nitrogen and oxygen atoms in total. The van der Waals surface area contributed by atoms with E-state index >= 15 is 0 Å². The Bertz CT molecular complexity index is 883. The van der Waals surface area contributed by atoms with Crippen LogP contribution in [0.15, 0.2) is 72.8 Å². The highest BCUT2D eigenvalue weighted by atomic mass is 16.5. The first-order valence-corrected chi connectivity index (χ1v) is 8.68. The summed E-state index contributed by atoms with van der Waals surface area (Å²) < 4.78 is 10.7. The molecule has 0 radical (unpaired) electrons. The van der Waals surface area contributed by atoms with Gasteiger partial charge in [-0.1, -0.05) is 60.7 Å². The van der Waals surface area contributed by atoms with Gasteiger partial charge in [-0.15, -0.1) is 0 Å². The van der Waals surface area contributed by atoms with Crippen molar-refractivity contribution in [2.75, 3.05) is 19.1 Å². The second kappa shape index (κ2) is 8.85. The molecule has 138 valence electrons. The third-order valence-electron chi connectivity index (χ3n) is 4.11. The molecule has 0 saturated heterocycles. The summed E-state index contributed by atoms with van der Waals surface area (Å²) in [6, 6.07) is 23.4. The van der Waals surface area contributed by atoms with Crippen LogP contribution < -0.4 is 9.64 Å². The van der Waals surface area contributed by atoms with E-state index in [1.165, 1.54) is 7.11 Å². The molecule has 2 aromatic carbocycles. The molecule has 0 spiro atoms. The number of carbonyl (C=O) groups excluding carboxylic acids is 1. The van der Waals surface area contributed by atoms with Crippen LogP contribution in [-0.2, 0) is 17.9 Å². The summed E-state index contributed by atoms with van der Waals surface area (Å²) in [4.78, 5) is 18.6. The molecule has 0 atom stereocenters. The molecule has 27 heavy (non-hydrogen) atoms. The van der Waals surface area contributed by atoms with E-state index in [2.05, 4.69) is 17.1 Å². The van der Waals surface area contributed by atoms with Crippen LogP contribution in [0.5, 0.6) is 5.75 Å². The molecule has 3 rings (SSSR count). The Morgan fingerprint density at radius 2 is 1.56 bits per heavy atom. The largest absolute Gasteiger partial charge is 0.486 e. The Morgan fingerprint density at radius 3 is 2.19 bits per heavy atom. The number of nitrogens with zero attached hydrogens (tertiary/aromatic N) is 2. The van der Waals surface area contributed by atoms with Gasteiger partial charge in [-0.25, -0.2) is 9.78 Å². The van der Waals surface area contributed by atoms with Crippen molar-refractivity contribution in [2.45, 2.75) is 13.2 Å². The fourth-order valence-electron chi connectivity index (χ4n) is 2.68. The van der Waals surface area contributed by atoms with Crippen LogP contribution in [0.4, 0.5) is 5.82 Å². The number of carbonyl (C=O) groups is 1. The van der Waals surface area contributed by atoms with Gasteiger partial charge in [0.15, 0.2) is 11.4 Å². The fraction of sp³-hybridized carbons (Fsp3) is 0.182. The van der Waals surface area contributed by atoms with Gasteiger partial charge in [-0.05, 0) is 23.3 Å². The van der Waals surface area contributed by atoms with Gasteiger partial charge in [0.2, 0.25) is 0 Å². The first-order chi connectivity index (χ1) is 13.2. The second-order valence-electron chi connectivity index (χ2n) is 6.12. The first kappa shape index (κ1) is 18.5. The Kier molecular flexibility index (Phi) is 6.05. The van der Waals surface area contributed by atoms with Crippen molar-refractivity contribution in [3.05, 3.63) is 89.6 Å². The van der Waals surface area contributed by atoms with Crippen molar-refractivity contribution in [3.8, 4) is 5.75 Å². The lowest BCUT2D eigenvalue weighted by atomic mass is 10.2. The van der Waals surface area contributed by atoms with Gasteiger partial charge >= 0.3 is 5.97 Å². The second-order valence-corrected chi connectivity index (χ2v) is 6.12. The molecule has 1 heterocycles. The van der Waals surface area contributed by atoms with Gasteiger partial charge < -0.3 is 14.4 Å². The van der Waals surface area contributed by atoms with Crippen molar-refractivity contribution in [1.29, 1.82) is 0 Å². The molecule has 0 bridgehead atoms. The molecular weight excluding hydrogens is 340 g/mol. The number of benzene rings is 2. The lowest BCUT2D eigenvalue weighted by molar-refractivity contribution is 0.0588. The van der Waals surface area contributed by atoms with E-state index in [0.717, 1.165) is 11.1 Å². The van der Waals surface area contributed by atoms with E-state index in [1.54, 1.807) is 6.07 Å². The summed E-state index contributed by atoms with van der Waals surface area (Å²) in [6.45, 7) is 1.03. The standard InChI is InChI=1S/C22H22N2O3/c1-24(15-17-9-5-3-6-10-17)20-14-13-19(21(23-20)22(25)26-2)27-16-18-11-7-4-8-12-18/h3-14H,15-16H2,1-2H3. The van der Waals surface area contributed by atoms with Gasteiger partial charge in [0.05, 0.1) is 7.11 Å². The maximum Gasteiger partial charge on any atom is 0.360 e. The van der Waals surface area contributed by atoms with Crippen LogP contribution >= 0.6 is 0 Å². The molecule has 0 aliphatic carbocycles. The Labute approximate surface area is 159 Å². The SMILES string of the molecule is COC(=O)c1nc(N(C)Cc2ccccc2)ccc1OCc1ccccc1. The monoisotopic (exact) mass is 362 g/mol. The van der Waals surface area contributed by atoms with E-state index in [9.17, 15) is 4.79 Å². The zero-order valence-electron chi connectivity index (χ0n) is 15.5. The molecule has 0 unspecified atom stereocenters. The van der Waals surface area contributed by atoms with Crippen LogP contribution in [0.3, 0.4) is 0 Å². The molecule has 3 aromatic rings. The first-order valence-electron chi connectivity index (χ1n) is 8.68. The Hall–Kier alpha value is -3.34. The van der Waals surface area contributed by atoms with Crippen molar-refractivity contribution in [2.24, 2.45) is 0 Å². The van der Waals surface area contributed by atoms with Gasteiger partial charge in [-0.2, -0.15) is 0 Å². The summed E-state index contributed by atoms with van der Waals surface area (Å²) in [5.74, 6) is 0.557. The lowest BCUT2D eigenvalue weighted by Crippen LogP contribution is -2.19. The molecule has 0 fully saturated rings. The quantitative estimate of drug-likeness (QED) is 0.593. The molecule has 0 N–H and O–H groups in total. The normalized spacial score (nSPS) is 10.3. The van der Waals surface area contributed by atoms with Crippen LogP contribution in [0.2, 0.25) is 0 Å². The third kappa shape index (κ3) is 4.85. The number of hydrogen-bond acceptors (Lipinski definition) is 5. The molecule has 0 amide bonds. The number of rotatable bonds is 7. The number of esters is 1. The zero-order valence-corrected chi connectivity index (χ0v) is 15.5. The number of ether oxygens (including phenoxy) is 2. The predicted octanol–water partition coefficient (Wildman–Crippen LogP) is 4.08. The van der Waals surface area contributed by atoms with E-state index < -0.39 is 5.97 Å². The maximum absolute atomic E-state index is 12.2. The van der Waals surface area contributed by atoms with E-state index in [4.69, 9.17) is 9.47 Å². The van der Waals surface area contributed by atoms with E-state index in [0.29, 0.717) is 24.7 Å². The third-order valence-corrected chi connectivity index (χ3v) is 4.11. The molecule has 0 saturated carbocycles. The van der Waals surface area contributed by atoms with Crippen LogP contribution in [0, 0.1) is 0 Å². The van der Waals surface area contributed by atoms with Gasteiger partial charge in [-0.3, -0.25) is 0 Å². The maximum atomic E-state index is 12.2. The summed E-state index contributed by atoms with van der Waals surface area (Å²) in [6.07, 6.45) is 0. The zero-order chi connectivity index (χ0) is 19.1. The number of methoxy groups -OCH3 is 1. The summed E-state index contributed by atoms with van der Waals surface area (Å²) in [5.41, 5.74) is 2.34. The smallest absolute Gasteiger partial charge is 0.360 e. The summed E-state index contributed by atoms with van der Waals surface area (Å²) >= 11 is 0. The summed E-state index contributed by atoms with van der Waals surface area (Å²) in [7, 11) is 3.27. The summed E-state index contributed by atoms with van der Waals surface area (Å²) in [5, 5.41) is 0.